The molecule has 0 saturated carbocycles. The van der Waals surface area contributed by atoms with Crippen molar-refractivity contribution in [2.45, 2.75) is 20.3 Å². The van der Waals surface area contributed by atoms with E-state index in [1.807, 2.05) is 6.92 Å². The second-order valence-corrected chi connectivity index (χ2v) is 6.44. The highest BCUT2D eigenvalue weighted by atomic mass is 35.5. The summed E-state index contributed by atoms with van der Waals surface area (Å²) < 4.78 is 29.8. The number of aromatic nitrogens is 2. The fraction of sp³-hybridized carbons (Fsp3) is 0.308. The molecular weight excluding hydrogens is 300 g/mol. The van der Waals surface area contributed by atoms with Gasteiger partial charge in [0.25, 0.3) is 0 Å². The smallest absolute Gasteiger partial charge is 0.310 e. The van der Waals surface area contributed by atoms with Crippen LogP contribution >= 0.6 is 11.6 Å². The Bertz CT molecular complexity index is 693. The number of benzene rings is 1. The maximum atomic E-state index is 11.6. The molecule has 2 rings (SSSR count). The van der Waals surface area contributed by atoms with E-state index in [1.54, 1.807) is 30.3 Å². The van der Waals surface area contributed by atoms with Crippen LogP contribution < -0.4 is 4.18 Å². The Morgan fingerprint density at radius 3 is 2.45 bits per heavy atom. The normalized spacial score (nSPS) is 11.6. The van der Waals surface area contributed by atoms with Crippen LogP contribution in [0.1, 0.15) is 19.5 Å². The van der Waals surface area contributed by atoms with Crippen molar-refractivity contribution in [2.75, 3.05) is 5.75 Å². The molecule has 108 valence electrons. The lowest BCUT2D eigenvalue weighted by Crippen LogP contribution is -2.14. The summed E-state index contributed by atoms with van der Waals surface area (Å²) in [5.74, 6) is 0.0892. The van der Waals surface area contributed by atoms with E-state index in [0.29, 0.717) is 17.1 Å². The molecule has 1 aromatic heterocycles. The summed E-state index contributed by atoms with van der Waals surface area (Å²) in [4.78, 5) is 0. The minimum Gasteiger partial charge on any atom is -0.361 e. The molecule has 0 aliphatic rings. The van der Waals surface area contributed by atoms with Crippen LogP contribution in [0.2, 0.25) is 5.02 Å². The first-order valence-electron chi connectivity index (χ1n) is 6.22. The molecule has 7 heteroatoms. The van der Waals surface area contributed by atoms with Gasteiger partial charge in [-0.05, 0) is 37.6 Å². The predicted octanol–water partition coefficient (Wildman–Crippen LogP) is 2.82. The van der Waals surface area contributed by atoms with E-state index in [2.05, 4.69) is 5.10 Å². The lowest BCUT2D eigenvalue weighted by Gasteiger charge is -2.08. The highest BCUT2D eigenvalue weighted by Gasteiger charge is 2.16. The zero-order chi connectivity index (χ0) is 14.8. The van der Waals surface area contributed by atoms with Gasteiger partial charge >= 0.3 is 10.1 Å². The molecule has 0 aliphatic heterocycles. The van der Waals surface area contributed by atoms with Gasteiger partial charge in [-0.1, -0.05) is 18.5 Å². The van der Waals surface area contributed by atoms with Crippen molar-refractivity contribution in [3.8, 4) is 11.6 Å². The van der Waals surface area contributed by atoms with Gasteiger partial charge in [-0.2, -0.15) is 18.2 Å². The Morgan fingerprint density at radius 2 is 1.90 bits per heavy atom. The summed E-state index contributed by atoms with van der Waals surface area (Å²) in [7, 11) is -3.59. The molecule has 0 bridgehead atoms. The number of rotatable bonds is 5. The maximum Gasteiger partial charge on any atom is 0.310 e. The standard InChI is InChI=1S/C13H15ClN2O3S/c1-3-11-9-13(19-20(17,18)4-2)16(15-11)12-7-5-10(14)6-8-12/h5-9H,3-4H2,1-2H3. The molecule has 1 heterocycles. The van der Waals surface area contributed by atoms with Gasteiger partial charge in [0.15, 0.2) is 0 Å². The Hall–Kier alpha value is -1.53. The summed E-state index contributed by atoms with van der Waals surface area (Å²) in [5, 5.41) is 4.93. The number of nitrogens with zero attached hydrogens (tertiary/aromatic N) is 2. The second kappa shape index (κ2) is 5.85. The highest BCUT2D eigenvalue weighted by molar-refractivity contribution is 7.87. The topological polar surface area (TPSA) is 61.2 Å². The third-order valence-corrected chi connectivity index (χ3v) is 4.11. The molecule has 0 atom stereocenters. The van der Waals surface area contributed by atoms with E-state index in [1.165, 1.54) is 11.6 Å². The number of halogens is 1. The van der Waals surface area contributed by atoms with Gasteiger partial charge in [0.1, 0.15) is 0 Å². The molecule has 0 saturated heterocycles. The summed E-state index contributed by atoms with van der Waals surface area (Å²) in [6.45, 7) is 3.46. The maximum absolute atomic E-state index is 11.6. The number of aryl methyl sites for hydroxylation is 1. The van der Waals surface area contributed by atoms with Crippen molar-refractivity contribution in [3.05, 3.63) is 41.0 Å². The van der Waals surface area contributed by atoms with Crippen LogP contribution in [0.4, 0.5) is 0 Å². The lowest BCUT2D eigenvalue weighted by molar-refractivity contribution is 0.466. The van der Waals surface area contributed by atoms with Crippen molar-refractivity contribution >= 4 is 21.7 Å². The molecule has 0 fully saturated rings. The zero-order valence-corrected chi connectivity index (χ0v) is 12.8. The van der Waals surface area contributed by atoms with Gasteiger partial charge in [-0.25, -0.2) is 0 Å². The van der Waals surface area contributed by atoms with Crippen molar-refractivity contribution in [1.82, 2.24) is 9.78 Å². The van der Waals surface area contributed by atoms with Crippen molar-refractivity contribution < 1.29 is 12.6 Å². The van der Waals surface area contributed by atoms with Crippen molar-refractivity contribution in [2.24, 2.45) is 0 Å². The van der Waals surface area contributed by atoms with Crippen LogP contribution in [-0.4, -0.2) is 24.0 Å². The van der Waals surface area contributed by atoms with Gasteiger partial charge in [0.2, 0.25) is 5.88 Å². The van der Waals surface area contributed by atoms with Gasteiger partial charge in [-0.15, -0.1) is 0 Å². The fourth-order valence-electron chi connectivity index (χ4n) is 1.60. The van der Waals surface area contributed by atoms with Crippen LogP contribution in [0.25, 0.3) is 5.69 Å². The molecule has 0 N–H and O–H groups in total. The molecule has 0 radical (unpaired) electrons. The summed E-state index contributed by atoms with van der Waals surface area (Å²) in [6.07, 6.45) is 0.684. The Morgan fingerprint density at radius 1 is 1.25 bits per heavy atom. The van der Waals surface area contributed by atoms with Gasteiger partial charge in [0.05, 0.1) is 17.1 Å². The Kier molecular flexibility index (Phi) is 4.35. The molecule has 2 aromatic rings. The summed E-state index contributed by atoms with van der Waals surface area (Å²) in [5.41, 5.74) is 1.44. The molecule has 0 unspecified atom stereocenters. The van der Waals surface area contributed by atoms with Gasteiger partial charge in [0, 0.05) is 11.1 Å². The largest absolute Gasteiger partial charge is 0.361 e. The lowest BCUT2D eigenvalue weighted by atomic mass is 10.3. The first-order chi connectivity index (χ1) is 9.45. The minimum atomic E-state index is -3.59. The highest BCUT2D eigenvalue weighted by Crippen LogP contribution is 2.22. The van der Waals surface area contributed by atoms with Gasteiger partial charge in [-0.3, -0.25) is 0 Å². The monoisotopic (exact) mass is 314 g/mol. The summed E-state index contributed by atoms with van der Waals surface area (Å²) in [6, 6.07) is 8.55. The van der Waals surface area contributed by atoms with Crippen molar-refractivity contribution in [1.29, 1.82) is 0 Å². The third-order valence-electron chi connectivity index (χ3n) is 2.73. The van der Waals surface area contributed by atoms with Crippen molar-refractivity contribution in [3.63, 3.8) is 0 Å². The van der Waals surface area contributed by atoms with E-state index in [-0.39, 0.29) is 11.6 Å². The molecule has 0 spiro atoms. The van der Waals surface area contributed by atoms with Crippen LogP contribution in [0.3, 0.4) is 0 Å². The van der Waals surface area contributed by atoms with Crippen LogP contribution in [0.15, 0.2) is 30.3 Å². The molecule has 0 amide bonds. The van der Waals surface area contributed by atoms with E-state index in [9.17, 15) is 8.42 Å². The Labute approximate surface area is 123 Å². The Balaban J connectivity index is 2.46. The van der Waals surface area contributed by atoms with E-state index < -0.39 is 10.1 Å². The predicted molar refractivity (Wildman–Crippen MR) is 78.0 cm³/mol. The molecular formula is C13H15ClN2O3S. The second-order valence-electron chi connectivity index (χ2n) is 4.15. The third kappa shape index (κ3) is 3.32. The first-order valence-corrected chi connectivity index (χ1v) is 8.17. The zero-order valence-electron chi connectivity index (χ0n) is 11.2. The van der Waals surface area contributed by atoms with Crippen LogP contribution in [0, 0.1) is 0 Å². The number of hydrogen-bond donors (Lipinski definition) is 0. The molecule has 5 nitrogen and oxygen atoms in total. The van der Waals surface area contributed by atoms with Crippen LogP contribution in [0.5, 0.6) is 5.88 Å². The van der Waals surface area contributed by atoms with E-state index in [0.717, 1.165) is 5.69 Å². The number of hydrogen-bond acceptors (Lipinski definition) is 4. The quantitative estimate of drug-likeness (QED) is 0.796. The van der Waals surface area contributed by atoms with Gasteiger partial charge < -0.3 is 4.18 Å². The summed E-state index contributed by atoms with van der Waals surface area (Å²) >= 11 is 5.84. The van der Waals surface area contributed by atoms with E-state index in [4.69, 9.17) is 15.8 Å². The fourth-order valence-corrected chi connectivity index (χ4v) is 2.22. The van der Waals surface area contributed by atoms with E-state index >= 15 is 0 Å². The SMILES string of the molecule is CCc1cc(OS(=O)(=O)CC)n(-c2ccc(Cl)cc2)n1. The molecule has 20 heavy (non-hydrogen) atoms. The minimum absolute atomic E-state index is 0.0970. The van der Waals surface area contributed by atoms with Crippen LogP contribution in [-0.2, 0) is 16.5 Å². The molecule has 1 aromatic carbocycles. The molecule has 0 aliphatic carbocycles. The average molecular weight is 315 g/mol. The first kappa shape index (κ1) is 14.9. The average Bonchev–Trinajstić information content (AvgIpc) is 2.82.